The second-order valence-corrected chi connectivity index (χ2v) is 10.1. The summed E-state index contributed by atoms with van der Waals surface area (Å²) < 4.78 is 10.6. The zero-order chi connectivity index (χ0) is 13.8. The molecule has 0 spiro atoms. The normalized spacial score (nSPS) is 22.9. The summed E-state index contributed by atoms with van der Waals surface area (Å²) in [4.78, 5) is 16.1. The van der Waals surface area contributed by atoms with Crippen LogP contribution in [0.15, 0.2) is 5.16 Å². The summed E-state index contributed by atoms with van der Waals surface area (Å²) in [6, 6.07) is 0. The molecule has 1 fully saturated rings. The minimum Gasteiger partial charge on any atom is -0.296 e. The van der Waals surface area contributed by atoms with Gasteiger partial charge >= 0.3 is 6.09 Å². The van der Waals surface area contributed by atoms with Gasteiger partial charge in [0, 0.05) is 41.3 Å². The zero-order valence-electron chi connectivity index (χ0n) is 9.10. The summed E-state index contributed by atoms with van der Waals surface area (Å²) in [6.07, 6.45) is -0.768. The number of alkyl halides is 3. The molecule has 1 saturated heterocycles. The standard InChI is InChI=1S/C7H9Cl3N2O3S3/c1-12(17-7(8,9)10)6(13)15-11-5-4-18(14)3-2-16-5/h2-4H2,1H3. The molecular formula is C7H9Cl3N2O3S3. The zero-order valence-corrected chi connectivity index (χ0v) is 13.8. The van der Waals surface area contributed by atoms with Gasteiger partial charge in [-0.25, -0.2) is 9.10 Å². The largest absolute Gasteiger partial charge is 0.445 e. The van der Waals surface area contributed by atoms with Gasteiger partial charge in [-0.2, -0.15) is 0 Å². The van der Waals surface area contributed by atoms with Crippen LogP contribution in [0.1, 0.15) is 0 Å². The molecule has 0 bridgehead atoms. The molecule has 1 atom stereocenters. The topological polar surface area (TPSA) is 59.0 Å². The Bertz CT molecular complexity index is 375. The Morgan fingerprint density at radius 1 is 1.61 bits per heavy atom. The maximum atomic E-state index is 11.5. The molecule has 1 aliphatic heterocycles. The molecule has 104 valence electrons. The SMILES string of the molecule is CN(SC(Cl)(Cl)Cl)C(=O)ON=C1CS(=O)CCS1. The van der Waals surface area contributed by atoms with Crippen molar-refractivity contribution in [2.45, 2.75) is 3.12 Å². The third-order valence-electron chi connectivity index (χ3n) is 1.59. The molecule has 1 rings (SSSR count). The van der Waals surface area contributed by atoms with Gasteiger partial charge in [-0.15, -0.1) is 11.8 Å². The number of hydrogen-bond donors (Lipinski definition) is 0. The number of nitrogens with zero attached hydrogens (tertiary/aromatic N) is 2. The quantitative estimate of drug-likeness (QED) is 0.323. The third kappa shape index (κ3) is 6.72. The predicted molar refractivity (Wildman–Crippen MR) is 79.9 cm³/mol. The maximum absolute atomic E-state index is 11.5. The summed E-state index contributed by atoms with van der Waals surface area (Å²) in [7, 11) is 0.454. The fourth-order valence-corrected chi connectivity index (χ4v) is 4.85. The van der Waals surface area contributed by atoms with Crippen molar-refractivity contribution in [1.82, 2.24) is 4.31 Å². The van der Waals surface area contributed by atoms with E-state index < -0.39 is 20.0 Å². The lowest BCUT2D eigenvalue weighted by Crippen LogP contribution is -2.24. The van der Waals surface area contributed by atoms with Crippen molar-refractivity contribution in [3.8, 4) is 0 Å². The molecule has 18 heavy (non-hydrogen) atoms. The van der Waals surface area contributed by atoms with Crippen molar-refractivity contribution in [3.05, 3.63) is 0 Å². The van der Waals surface area contributed by atoms with Crippen molar-refractivity contribution in [1.29, 1.82) is 0 Å². The molecule has 0 N–H and O–H groups in total. The molecular weight excluding hydrogens is 363 g/mol. The van der Waals surface area contributed by atoms with Gasteiger partial charge < -0.3 is 0 Å². The van der Waals surface area contributed by atoms with Gasteiger partial charge in [-0.3, -0.25) is 9.05 Å². The minimum absolute atomic E-state index is 0.305. The van der Waals surface area contributed by atoms with Crippen LogP contribution >= 0.6 is 58.5 Å². The first-order chi connectivity index (χ1) is 8.28. The first-order valence-electron chi connectivity index (χ1n) is 4.53. The molecule has 1 unspecified atom stereocenters. The van der Waals surface area contributed by atoms with Crippen molar-refractivity contribution >= 4 is 80.4 Å². The van der Waals surface area contributed by atoms with Crippen molar-refractivity contribution in [2.24, 2.45) is 5.16 Å². The summed E-state index contributed by atoms with van der Waals surface area (Å²) in [6.45, 7) is 0. The average molecular weight is 372 g/mol. The highest BCUT2D eigenvalue weighted by atomic mass is 35.6. The van der Waals surface area contributed by atoms with Crippen LogP contribution in [0.2, 0.25) is 0 Å². The highest BCUT2D eigenvalue weighted by Gasteiger charge is 2.27. The number of carbonyl (C=O) groups excluding carboxylic acids is 1. The van der Waals surface area contributed by atoms with Crippen LogP contribution in [0.25, 0.3) is 0 Å². The van der Waals surface area contributed by atoms with Gasteiger partial charge in [-0.05, 0) is 0 Å². The lowest BCUT2D eigenvalue weighted by molar-refractivity contribution is 0.137. The number of rotatable bonds is 2. The molecule has 0 aromatic rings. The van der Waals surface area contributed by atoms with E-state index in [9.17, 15) is 9.00 Å². The summed E-state index contributed by atoms with van der Waals surface area (Å²) in [5, 5.41) is 4.17. The Hall–Kier alpha value is 0.660. The molecule has 0 aromatic heterocycles. The fraction of sp³-hybridized carbons (Fsp3) is 0.714. The van der Waals surface area contributed by atoms with Crippen LogP contribution in [0.4, 0.5) is 4.79 Å². The smallest absolute Gasteiger partial charge is 0.296 e. The van der Waals surface area contributed by atoms with Gasteiger partial charge in [0.1, 0.15) is 5.04 Å². The molecule has 0 aliphatic carbocycles. The van der Waals surface area contributed by atoms with E-state index in [1.54, 1.807) is 0 Å². The van der Waals surface area contributed by atoms with Gasteiger partial charge in [0.05, 0.1) is 5.75 Å². The van der Waals surface area contributed by atoms with Gasteiger partial charge in [-0.1, -0.05) is 40.0 Å². The molecule has 0 saturated carbocycles. The monoisotopic (exact) mass is 370 g/mol. The average Bonchev–Trinajstić information content (AvgIpc) is 2.23. The minimum atomic E-state index is -1.65. The number of halogens is 3. The van der Waals surface area contributed by atoms with E-state index in [2.05, 4.69) is 9.99 Å². The Labute approximate surface area is 130 Å². The molecule has 0 aromatic carbocycles. The first-order valence-corrected chi connectivity index (χ1v) is 8.91. The van der Waals surface area contributed by atoms with Crippen molar-refractivity contribution in [2.75, 3.05) is 24.3 Å². The molecule has 1 heterocycles. The van der Waals surface area contributed by atoms with Crippen LogP contribution < -0.4 is 0 Å². The van der Waals surface area contributed by atoms with E-state index in [1.165, 1.54) is 18.8 Å². The van der Waals surface area contributed by atoms with E-state index in [-0.39, 0.29) is 0 Å². The number of carbonyl (C=O) groups is 1. The van der Waals surface area contributed by atoms with E-state index in [1.807, 2.05) is 0 Å². The molecule has 1 amide bonds. The van der Waals surface area contributed by atoms with Crippen molar-refractivity contribution < 1.29 is 13.8 Å². The summed E-state index contributed by atoms with van der Waals surface area (Å²) in [5.74, 6) is 1.63. The Morgan fingerprint density at radius 3 is 2.83 bits per heavy atom. The van der Waals surface area contributed by atoms with Crippen molar-refractivity contribution in [3.63, 3.8) is 0 Å². The van der Waals surface area contributed by atoms with E-state index in [0.29, 0.717) is 34.3 Å². The van der Waals surface area contributed by atoms with Crippen LogP contribution in [0.5, 0.6) is 0 Å². The lowest BCUT2D eigenvalue weighted by atomic mass is 10.9. The second-order valence-electron chi connectivity index (χ2n) is 3.01. The highest BCUT2D eigenvalue weighted by molar-refractivity contribution is 8.16. The van der Waals surface area contributed by atoms with E-state index in [4.69, 9.17) is 34.8 Å². The molecule has 5 nitrogen and oxygen atoms in total. The Balaban J connectivity index is 2.44. The number of oxime groups is 1. The first kappa shape index (κ1) is 16.7. The summed E-state index contributed by atoms with van der Waals surface area (Å²) >= 11 is 18.6. The van der Waals surface area contributed by atoms with E-state index >= 15 is 0 Å². The summed E-state index contributed by atoms with van der Waals surface area (Å²) in [5.41, 5.74) is 0. The number of thioether (sulfide) groups is 1. The second kappa shape index (κ2) is 7.44. The maximum Gasteiger partial charge on any atom is 0.445 e. The van der Waals surface area contributed by atoms with E-state index in [0.717, 1.165) is 4.31 Å². The molecule has 11 heteroatoms. The third-order valence-corrected chi connectivity index (χ3v) is 5.49. The van der Waals surface area contributed by atoms with Crippen LogP contribution in [0, 0.1) is 0 Å². The fourth-order valence-electron chi connectivity index (χ4n) is 0.897. The number of hydrogen-bond acceptors (Lipinski definition) is 6. The molecule has 1 aliphatic rings. The van der Waals surface area contributed by atoms with Gasteiger partial charge in [0.25, 0.3) is 3.12 Å². The Kier molecular flexibility index (Phi) is 6.91. The molecule has 0 radical (unpaired) electrons. The Morgan fingerprint density at radius 2 is 2.28 bits per heavy atom. The van der Waals surface area contributed by atoms with Gasteiger partial charge in [0.15, 0.2) is 0 Å². The number of amides is 1. The highest BCUT2D eigenvalue weighted by Crippen LogP contribution is 2.40. The van der Waals surface area contributed by atoms with Crippen LogP contribution in [-0.4, -0.2) is 47.1 Å². The lowest BCUT2D eigenvalue weighted by Gasteiger charge is -2.18. The van der Waals surface area contributed by atoms with Crippen LogP contribution in [-0.2, 0) is 15.6 Å². The predicted octanol–water partition coefficient (Wildman–Crippen LogP) is 2.84. The van der Waals surface area contributed by atoms with Crippen LogP contribution in [0.3, 0.4) is 0 Å². The van der Waals surface area contributed by atoms with Gasteiger partial charge in [0.2, 0.25) is 0 Å².